The Morgan fingerprint density at radius 1 is 1.29 bits per heavy atom. The van der Waals surface area contributed by atoms with E-state index in [0.29, 0.717) is 12.6 Å². The number of hydrogen-bond acceptors (Lipinski definition) is 3. The Kier molecular flexibility index (Phi) is 3.89. The molecule has 21 heavy (non-hydrogen) atoms. The van der Waals surface area contributed by atoms with E-state index in [0.717, 1.165) is 38.0 Å². The van der Waals surface area contributed by atoms with Gasteiger partial charge < -0.3 is 4.74 Å². The lowest BCUT2D eigenvalue weighted by molar-refractivity contribution is -0.0431. The molecule has 1 aromatic carbocycles. The second-order valence-corrected chi connectivity index (χ2v) is 6.52. The second-order valence-electron chi connectivity index (χ2n) is 6.52. The SMILES string of the molecule is CC(C)N1CC2(CCCN2C(=O)OCc2ccccc2)C1. The van der Waals surface area contributed by atoms with Crippen molar-refractivity contribution in [1.29, 1.82) is 0 Å². The first-order valence-electron chi connectivity index (χ1n) is 7.83. The highest BCUT2D eigenvalue weighted by atomic mass is 16.6. The van der Waals surface area contributed by atoms with Crippen molar-refractivity contribution in [3.05, 3.63) is 35.9 Å². The lowest BCUT2D eigenvalue weighted by Crippen LogP contribution is -2.70. The molecule has 1 spiro atoms. The Morgan fingerprint density at radius 2 is 2.00 bits per heavy atom. The number of carbonyl (C=O) groups is 1. The van der Waals surface area contributed by atoms with E-state index in [1.165, 1.54) is 0 Å². The molecule has 4 heteroatoms. The zero-order valence-electron chi connectivity index (χ0n) is 12.9. The summed E-state index contributed by atoms with van der Waals surface area (Å²) in [6, 6.07) is 10.4. The van der Waals surface area contributed by atoms with E-state index in [-0.39, 0.29) is 11.6 Å². The third kappa shape index (κ3) is 2.77. The van der Waals surface area contributed by atoms with Gasteiger partial charge in [-0.3, -0.25) is 9.80 Å². The molecule has 0 bridgehead atoms. The number of carbonyl (C=O) groups excluding carboxylic acids is 1. The van der Waals surface area contributed by atoms with Gasteiger partial charge in [-0.25, -0.2) is 4.79 Å². The molecule has 0 saturated carbocycles. The molecule has 2 aliphatic heterocycles. The van der Waals surface area contributed by atoms with Crippen molar-refractivity contribution >= 4 is 6.09 Å². The van der Waals surface area contributed by atoms with Crippen LogP contribution >= 0.6 is 0 Å². The fourth-order valence-corrected chi connectivity index (χ4v) is 3.42. The van der Waals surface area contributed by atoms with E-state index in [4.69, 9.17) is 4.74 Å². The summed E-state index contributed by atoms with van der Waals surface area (Å²) in [5.74, 6) is 0. The quantitative estimate of drug-likeness (QED) is 0.857. The van der Waals surface area contributed by atoms with E-state index in [2.05, 4.69) is 18.7 Å². The van der Waals surface area contributed by atoms with Gasteiger partial charge in [0.25, 0.3) is 0 Å². The lowest BCUT2D eigenvalue weighted by Gasteiger charge is -2.53. The smallest absolute Gasteiger partial charge is 0.410 e. The molecule has 3 rings (SSSR count). The lowest BCUT2D eigenvalue weighted by atomic mass is 9.86. The van der Waals surface area contributed by atoms with Gasteiger partial charge in [0.2, 0.25) is 0 Å². The van der Waals surface area contributed by atoms with Gasteiger partial charge in [0.1, 0.15) is 6.61 Å². The number of benzene rings is 1. The molecule has 2 fully saturated rings. The first-order chi connectivity index (χ1) is 10.1. The molecular formula is C17H24N2O2. The molecular weight excluding hydrogens is 264 g/mol. The highest BCUT2D eigenvalue weighted by Crippen LogP contribution is 2.38. The fourth-order valence-electron chi connectivity index (χ4n) is 3.42. The van der Waals surface area contributed by atoms with Gasteiger partial charge in [0.15, 0.2) is 0 Å². The standard InChI is InChI=1S/C17H24N2O2/c1-14(2)18-12-17(13-18)9-6-10-19(17)16(20)21-11-15-7-4-3-5-8-15/h3-5,7-8,14H,6,9-13H2,1-2H3. The molecule has 4 nitrogen and oxygen atoms in total. The van der Waals surface area contributed by atoms with Crippen LogP contribution in [0.1, 0.15) is 32.3 Å². The van der Waals surface area contributed by atoms with E-state index < -0.39 is 0 Å². The van der Waals surface area contributed by atoms with Crippen molar-refractivity contribution in [2.24, 2.45) is 0 Å². The number of amides is 1. The zero-order chi connectivity index (χ0) is 14.9. The van der Waals surface area contributed by atoms with Crippen LogP contribution in [0.5, 0.6) is 0 Å². The minimum atomic E-state index is -0.153. The minimum Gasteiger partial charge on any atom is -0.445 e. The summed E-state index contributed by atoms with van der Waals surface area (Å²) >= 11 is 0. The molecule has 2 aliphatic rings. The van der Waals surface area contributed by atoms with Gasteiger partial charge in [0, 0.05) is 25.7 Å². The van der Waals surface area contributed by atoms with Crippen molar-refractivity contribution in [2.75, 3.05) is 19.6 Å². The summed E-state index contributed by atoms with van der Waals surface area (Å²) in [4.78, 5) is 16.8. The summed E-state index contributed by atoms with van der Waals surface area (Å²) < 4.78 is 5.51. The van der Waals surface area contributed by atoms with Crippen LogP contribution in [-0.2, 0) is 11.3 Å². The third-order valence-electron chi connectivity index (χ3n) is 4.75. The summed E-state index contributed by atoms with van der Waals surface area (Å²) in [5.41, 5.74) is 1.08. The molecule has 2 saturated heterocycles. The predicted octanol–water partition coefficient (Wildman–Crippen LogP) is 2.88. The molecule has 0 unspecified atom stereocenters. The molecule has 114 valence electrons. The summed E-state index contributed by atoms with van der Waals surface area (Å²) in [5, 5.41) is 0. The molecule has 0 aromatic heterocycles. The van der Waals surface area contributed by atoms with Crippen LogP contribution in [0.3, 0.4) is 0 Å². The predicted molar refractivity (Wildman–Crippen MR) is 82.0 cm³/mol. The molecule has 1 aromatic rings. The van der Waals surface area contributed by atoms with Crippen LogP contribution < -0.4 is 0 Å². The number of nitrogens with zero attached hydrogens (tertiary/aromatic N) is 2. The average molecular weight is 288 g/mol. The number of ether oxygens (including phenoxy) is 1. The topological polar surface area (TPSA) is 32.8 Å². The van der Waals surface area contributed by atoms with Gasteiger partial charge in [0.05, 0.1) is 5.54 Å². The molecule has 2 heterocycles. The highest BCUT2D eigenvalue weighted by molar-refractivity contribution is 5.69. The summed E-state index contributed by atoms with van der Waals surface area (Å²) in [6.07, 6.45) is 2.04. The van der Waals surface area contributed by atoms with Crippen LogP contribution in [-0.4, -0.2) is 47.1 Å². The van der Waals surface area contributed by atoms with Crippen molar-refractivity contribution in [3.63, 3.8) is 0 Å². The maximum absolute atomic E-state index is 12.4. The van der Waals surface area contributed by atoms with Crippen molar-refractivity contribution in [1.82, 2.24) is 9.80 Å². The van der Waals surface area contributed by atoms with Gasteiger partial charge in [-0.1, -0.05) is 30.3 Å². The Bertz CT molecular complexity index is 495. The van der Waals surface area contributed by atoms with Crippen molar-refractivity contribution < 1.29 is 9.53 Å². The monoisotopic (exact) mass is 288 g/mol. The molecule has 0 radical (unpaired) electrons. The van der Waals surface area contributed by atoms with Gasteiger partial charge in [-0.15, -0.1) is 0 Å². The third-order valence-corrected chi connectivity index (χ3v) is 4.75. The van der Waals surface area contributed by atoms with Crippen LogP contribution in [0.2, 0.25) is 0 Å². The summed E-state index contributed by atoms with van der Waals surface area (Å²) in [6.45, 7) is 7.59. The number of likely N-dealkylation sites (tertiary alicyclic amines) is 2. The highest BCUT2D eigenvalue weighted by Gasteiger charge is 2.53. The van der Waals surface area contributed by atoms with Crippen LogP contribution in [0, 0.1) is 0 Å². The van der Waals surface area contributed by atoms with Gasteiger partial charge >= 0.3 is 6.09 Å². The normalized spacial score (nSPS) is 20.8. The average Bonchev–Trinajstić information content (AvgIpc) is 2.89. The first-order valence-corrected chi connectivity index (χ1v) is 7.83. The Balaban J connectivity index is 1.57. The Labute approximate surface area is 126 Å². The van der Waals surface area contributed by atoms with Gasteiger partial charge in [-0.2, -0.15) is 0 Å². The molecule has 0 aliphatic carbocycles. The van der Waals surface area contributed by atoms with E-state index in [1.807, 2.05) is 35.2 Å². The minimum absolute atomic E-state index is 0.0397. The second kappa shape index (κ2) is 5.68. The van der Waals surface area contributed by atoms with Crippen LogP contribution in [0.4, 0.5) is 4.79 Å². The maximum atomic E-state index is 12.4. The molecule has 0 atom stereocenters. The Hall–Kier alpha value is -1.55. The first kappa shape index (κ1) is 14.4. The largest absolute Gasteiger partial charge is 0.445 e. The van der Waals surface area contributed by atoms with Crippen LogP contribution in [0.25, 0.3) is 0 Å². The van der Waals surface area contributed by atoms with Crippen molar-refractivity contribution in [2.45, 2.75) is 44.9 Å². The maximum Gasteiger partial charge on any atom is 0.410 e. The van der Waals surface area contributed by atoms with E-state index >= 15 is 0 Å². The Morgan fingerprint density at radius 3 is 2.67 bits per heavy atom. The zero-order valence-corrected chi connectivity index (χ0v) is 12.9. The molecule has 0 N–H and O–H groups in total. The van der Waals surface area contributed by atoms with Crippen molar-refractivity contribution in [3.8, 4) is 0 Å². The number of hydrogen-bond donors (Lipinski definition) is 0. The number of rotatable bonds is 3. The van der Waals surface area contributed by atoms with Gasteiger partial charge in [-0.05, 0) is 32.3 Å². The van der Waals surface area contributed by atoms with E-state index in [1.54, 1.807) is 0 Å². The molecule has 1 amide bonds. The van der Waals surface area contributed by atoms with E-state index in [9.17, 15) is 4.79 Å². The van der Waals surface area contributed by atoms with Crippen LogP contribution in [0.15, 0.2) is 30.3 Å². The summed E-state index contributed by atoms with van der Waals surface area (Å²) in [7, 11) is 0. The fraction of sp³-hybridized carbons (Fsp3) is 0.588.